The monoisotopic (exact) mass is 728 g/mol. The third kappa shape index (κ3) is 35.5. The quantitative estimate of drug-likeness (QED) is 0.183. The topological polar surface area (TPSA) is 197 Å². The molecule has 0 saturated carbocycles. The Morgan fingerprint density at radius 2 is 0.531 bits per heavy atom. The molecule has 0 spiro atoms. The molecule has 0 aliphatic carbocycles. The fourth-order valence-electron chi connectivity index (χ4n) is 2.95. The van der Waals surface area contributed by atoms with Crippen LogP contribution in [0.25, 0.3) is 0 Å². The van der Waals surface area contributed by atoms with E-state index in [4.69, 9.17) is 38.1 Å². The first kappa shape index (κ1) is 46.9. The Balaban J connectivity index is 0.000000599. The third-order valence-corrected chi connectivity index (χ3v) is 5.79. The van der Waals surface area contributed by atoms with Gasteiger partial charge in [0.15, 0.2) is 0 Å². The van der Waals surface area contributed by atoms with Crippen molar-refractivity contribution in [1.82, 2.24) is 0 Å². The van der Waals surface area contributed by atoms with Crippen LogP contribution >= 0.6 is 0 Å². The van der Waals surface area contributed by atoms with Gasteiger partial charge in [-0.25, -0.2) is 0 Å². The molecule has 0 aromatic heterocycles. The zero-order valence-corrected chi connectivity index (χ0v) is 33.3. The van der Waals surface area contributed by atoms with Crippen LogP contribution < -0.4 is 19.2 Å². The molecule has 0 aliphatic rings. The first-order valence-electron chi connectivity index (χ1n) is 14.1. The van der Waals surface area contributed by atoms with Crippen molar-refractivity contribution in [3.05, 3.63) is 144 Å². The molecule has 240 valence electrons. The van der Waals surface area contributed by atoms with Crippen LogP contribution in [0.4, 0.5) is 19.2 Å². The number of ether oxygens (including phenoxy) is 4. The summed E-state index contributed by atoms with van der Waals surface area (Å²) >= 11 is 4.87. The van der Waals surface area contributed by atoms with Gasteiger partial charge < -0.3 is 28.2 Å². The number of hydrogen-bond acceptors (Lipinski definition) is 12. The molecule has 17 heteroatoms. The van der Waals surface area contributed by atoms with Crippen LogP contribution in [0.5, 0.6) is 0 Å². The largest absolute Gasteiger partial charge is 0.894 e. The Labute approximate surface area is 336 Å². The van der Waals surface area contributed by atoms with Gasteiger partial charge in [0, 0.05) is 0 Å². The summed E-state index contributed by atoms with van der Waals surface area (Å²) in [7, 11) is -5.61. The minimum absolute atomic E-state index is 0.214. The van der Waals surface area contributed by atoms with Gasteiger partial charge in [0.05, 0.1) is 0 Å². The average molecular weight is 730 g/mol. The summed E-state index contributed by atoms with van der Waals surface area (Å²) in [4.78, 5) is 75.9. The van der Waals surface area contributed by atoms with Gasteiger partial charge in [0.1, 0.15) is 0 Å². The maximum Gasteiger partial charge on any atom is -0.426 e. The summed E-state index contributed by atoms with van der Waals surface area (Å²) in [6, 6.07) is 38.4. The molecule has 4 aromatic rings. The van der Waals surface area contributed by atoms with E-state index in [0.717, 1.165) is 22.3 Å². The smallest absolute Gasteiger partial charge is 0.426 e. The van der Waals surface area contributed by atoms with Crippen molar-refractivity contribution in [3.63, 3.8) is 0 Å². The second kappa shape index (κ2) is 29.6. The standard InChI is InChI=1S/4C8H7O2.4Mg.O4Si/c4*9-7-10-6-8-4-2-1-3-5-8;;;;;1-5(2,3)4/h4*1-5H,6H2;;;;;/q;;;;4*+1;-4. The van der Waals surface area contributed by atoms with E-state index in [1.54, 1.807) is 0 Å². The Kier molecular flexibility index (Phi) is 28.3. The van der Waals surface area contributed by atoms with Gasteiger partial charge in [-0.2, -0.15) is 0 Å². The van der Waals surface area contributed by atoms with E-state index in [-0.39, 0.29) is 16.4 Å². The van der Waals surface area contributed by atoms with Gasteiger partial charge in [-0.05, 0) is 0 Å². The number of benzene rings is 4. The molecule has 12 nitrogen and oxygen atoms in total. The molecule has 0 atom stereocenters. The number of carbonyl (C=O) groups excluding carboxylic acids is 4. The van der Waals surface area contributed by atoms with E-state index in [9.17, 15) is 19.2 Å². The fourth-order valence-corrected chi connectivity index (χ4v) is 3.36. The average Bonchev–Trinajstić information content (AvgIpc) is 3.06. The summed E-state index contributed by atoms with van der Waals surface area (Å²) in [5.41, 5.74) is 4.08. The molecule has 0 unspecified atom stereocenters. The molecule has 0 saturated heterocycles. The van der Waals surface area contributed by atoms with Gasteiger partial charge >= 0.3 is 311 Å². The van der Waals surface area contributed by atoms with Gasteiger partial charge in [-0.1, -0.05) is 0 Å². The summed E-state index contributed by atoms with van der Waals surface area (Å²) in [5.74, 6) is 0. The normalized spacial score (nSPS) is 9.55. The van der Waals surface area contributed by atoms with Crippen molar-refractivity contribution in [3.8, 4) is 0 Å². The second-order valence-corrected chi connectivity index (χ2v) is 12.4. The molecule has 4 aromatic carbocycles. The van der Waals surface area contributed by atoms with Crippen molar-refractivity contribution >= 4 is 112 Å². The minimum atomic E-state index is -5.61. The Bertz CT molecular complexity index is 1250. The molecule has 0 heterocycles. The van der Waals surface area contributed by atoms with Gasteiger partial charge in [-0.3, -0.25) is 0 Å². The van der Waals surface area contributed by atoms with Crippen LogP contribution in [-0.2, 0) is 45.4 Å². The van der Waals surface area contributed by atoms with Crippen LogP contribution in [0, 0.1) is 0 Å². The molecule has 0 radical (unpaired) electrons. The van der Waals surface area contributed by atoms with Crippen molar-refractivity contribution < 1.29 is 57.3 Å². The number of carbonyl (C=O) groups is 4. The van der Waals surface area contributed by atoms with Crippen LogP contribution in [0.2, 0.25) is 0 Å². The molecular weight excluding hydrogens is 702 g/mol. The molecule has 0 bridgehead atoms. The maximum absolute atomic E-state index is 10.4. The van der Waals surface area contributed by atoms with E-state index in [1.165, 1.54) is 86.8 Å². The Morgan fingerprint density at radius 1 is 0.388 bits per heavy atom. The molecule has 0 aliphatic heterocycles. The van der Waals surface area contributed by atoms with E-state index in [1.807, 2.05) is 121 Å². The van der Waals surface area contributed by atoms with Crippen LogP contribution in [0.15, 0.2) is 121 Å². The molecule has 4 rings (SSSR count). The van der Waals surface area contributed by atoms with E-state index >= 15 is 0 Å². The first-order valence-corrected chi connectivity index (χ1v) is 18.5. The molecule has 0 fully saturated rings. The van der Waals surface area contributed by atoms with Gasteiger partial charge in [0.2, 0.25) is 0 Å². The SMILES string of the molecule is O=[C]([Mg+])OCc1ccccc1.O=[C]([Mg+])OCc1ccccc1.O=[C]([Mg+])OCc1ccccc1.O=[C]([Mg+])OCc1ccccc1.[O-][Si]([O-])([O-])[O-]. The molecule has 0 N–H and O–H groups in total. The first-order chi connectivity index (χ1) is 23.2. The van der Waals surface area contributed by atoms with E-state index in [2.05, 4.69) is 0 Å². The minimum Gasteiger partial charge on any atom is -0.894 e. The Morgan fingerprint density at radius 3 is 0.653 bits per heavy atom. The summed E-state index contributed by atoms with van der Waals surface area (Å²) in [6.45, 7) is 1.51. The molecular formula is C32H28Mg4O12Si. The predicted octanol–water partition coefficient (Wildman–Crippen LogP) is 0.830. The summed E-state index contributed by atoms with van der Waals surface area (Å²) < 4.78 is 18.3. The molecule has 49 heavy (non-hydrogen) atoms. The van der Waals surface area contributed by atoms with Gasteiger partial charge in [0.25, 0.3) is 0 Å². The van der Waals surface area contributed by atoms with Crippen molar-refractivity contribution in [2.24, 2.45) is 0 Å². The van der Waals surface area contributed by atoms with Crippen LogP contribution in [-0.4, -0.2) is 112 Å². The van der Waals surface area contributed by atoms with Gasteiger partial charge in [-0.15, -0.1) is 0 Å². The molecule has 0 amide bonds. The van der Waals surface area contributed by atoms with E-state index < -0.39 is 9.05 Å². The fraction of sp³-hybridized carbons (Fsp3) is 0.125. The van der Waals surface area contributed by atoms with Crippen molar-refractivity contribution in [2.75, 3.05) is 0 Å². The summed E-state index contributed by atoms with van der Waals surface area (Å²) in [6.07, 6.45) is 0. The van der Waals surface area contributed by atoms with Crippen LogP contribution in [0.1, 0.15) is 22.3 Å². The van der Waals surface area contributed by atoms with Crippen LogP contribution in [0.3, 0.4) is 0 Å². The zero-order chi connectivity index (χ0) is 36.9. The van der Waals surface area contributed by atoms with E-state index in [0.29, 0.717) is 26.4 Å². The van der Waals surface area contributed by atoms with Crippen molar-refractivity contribution in [2.45, 2.75) is 26.4 Å². The number of rotatable bonds is 8. The maximum atomic E-state index is 10.4. The summed E-state index contributed by atoms with van der Waals surface area (Å²) in [5, 5.41) is 0. The predicted molar refractivity (Wildman–Crippen MR) is 175 cm³/mol. The third-order valence-electron chi connectivity index (χ3n) is 4.97. The Hall–Kier alpha value is -2.12. The zero-order valence-electron chi connectivity index (χ0n) is 26.6. The van der Waals surface area contributed by atoms with Crippen molar-refractivity contribution in [1.29, 1.82) is 0 Å². The number of hydrogen-bond donors (Lipinski definition) is 0. The second-order valence-electron chi connectivity index (χ2n) is 9.09.